The van der Waals surface area contributed by atoms with Gasteiger partial charge >= 0.3 is 5.69 Å². The normalized spacial score (nSPS) is 32.4. The average Bonchev–Trinajstić information content (AvgIpc) is 2.30. The highest BCUT2D eigenvalue weighted by molar-refractivity contribution is 4.97. The van der Waals surface area contributed by atoms with E-state index in [0.717, 1.165) is 0 Å². The fourth-order valence-corrected chi connectivity index (χ4v) is 1.76. The van der Waals surface area contributed by atoms with E-state index in [2.05, 4.69) is 0 Å². The summed E-state index contributed by atoms with van der Waals surface area (Å²) in [4.78, 5) is 24.0. The van der Waals surface area contributed by atoms with Gasteiger partial charge in [-0.2, -0.15) is 4.39 Å². The van der Waals surface area contributed by atoms with Crippen molar-refractivity contribution in [1.29, 1.82) is 0 Å². The van der Waals surface area contributed by atoms with Gasteiger partial charge in [0.15, 0.2) is 5.72 Å². The highest BCUT2D eigenvalue weighted by Gasteiger charge is 2.46. The second-order valence-corrected chi connectivity index (χ2v) is 4.01. The van der Waals surface area contributed by atoms with Gasteiger partial charge in [0.05, 0.1) is 19.4 Å². The van der Waals surface area contributed by atoms with Crippen LogP contribution in [0.3, 0.4) is 0 Å². The third-order valence-corrected chi connectivity index (χ3v) is 2.76. The first kappa shape index (κ1) is 12.9. The lowest BCUT2D eigenvalue weighted by Gasteiger charge is -2.39. The number of nitrogens with one attached hydrogen (secondary N) is 1. The van der Waals surface area contributed by atoms with Crippen LogP contribution in [-0.4, -0.2) is 50.3 Å². The van der Waals surface area contributed by atoms with Gasteiger partial charge in [0.1, 0.15) is 12.2 Å². The molecule has 0 aliphatic carbocycles. The van der Waals surface area contributed by atoms with E-state index in [9.17, 15) is 29.3 Å². The molecule has 18 heavy (non-hydrogen) atoms. The Labute approximate surface area is 98.9 Å². The second kappa shape index (κ2) is 4.28. The van der Waals surface area contributed by atoms with Crippen molar-refractivity contribution >= 4 is 0 Å². The number of aromatic amines is 1. The molecular weight excluding hydrogens is 251 g/mol. The summed E-state index contributed by atoms with van der Waals surface area (Å²) < 4.78 is 18.3. The zero-order valence-electron chi connectivity index (χ0n) is 9.04. The molecule has 0 saturated carbocycles. The van der Waals surface area contributed by atoms with Gasteiger partial charge < -0.3 is 20.1 Å². The number of hydrogen-bond donors (Lipinski definition) is 4. The summed E-state index contributed by atoms with van der Waals surface area (Å²) in [7, 11) is 0. The fourth-order valence-electron chi connectivity index (χ4n) is 1.76. The third kappa shape index (κ3) is 1.86. The number of rotatable bonds is 1. The van der Waals surface area contributed by atoms with E-state index in [-0.39, 0.29) is 6.61 Å². The molecule has 0 aromatic carbocycles. The minimum Gasteiger partial charge on any atom is -0.388 e. The van der Waals surface area contributed by atoms with Gasteiger partial charge in [0.25, 0.3) is 5.56 Å². The van der Waals surface area contributed by atoms with Crippen molar-refractivity contribution in [3.8, 4) is 0 Å². The minimum absolute atomic E-state index is 0.232. The van der Waals surface area contributed by atoms with Crippen LogP contribution in [0.4, 0.5) is 4.39 Å². The van der Waals surface area contributed by atoms with Gasteiger partial charge in [-0.1, -0.05) is 0 Å². The zero-order valence-corrected chi connectivity index (χ0v) is 9.04. The van der Waals surface area contributed by atoms with Crippen LogP contribution in [-0.2, 0) is 10.5 Å². The van der Waals surface area contributed by atoms with E-state index in [1.165, 1.54) is 0 Å². The van der Waals surface area contributed by atoms with Crippen LogP contribution in [0.25, 0.3) is 0 Å². The van der Waals surface area contributed by atoms with Crippen LogP contribution in [0.15, 0.2) is 15.8 Å². The Bertz CT molecular complexity index is 569. The van der Waals surface area contributed by atoms with Crippen molar-refractivity contribution in [2.75, 3.05) is 13.2 Å². The maximum absolute atomic E-state index is 13.1. The summed E-state index contributed by atoms with van der Waals surface area (Å²) in [5.74, 6) is -1.31. The molecule has 1 fully saturated rings. The maximum atomic E-state index is 13.1. The molecule has 4 N–H and O–H groups in total. The summed E-state index contributed by atoms with van der Waals surface area (Å²) in [6.45, 7) is -0.763. The average molecular weight is 262 g/mol. The first-order valence-corrected chi connectivity index (χ1v) is 5.04. The van der Waals surface area contributed by atoms with E-state index >= 15 is 0 Å². The summed E-state index contributed by atoms with van der Waals surface area (Å²) in [6.07, 6.45) is -2.74. The SMILES string of the molecule is O=c1[nH]c(=O)n([C@]2(O)COC[C@@H](O)[C@@H]2O)cc1F. The molecule has 0 radical (unpaired) electrons. The molecule has 0 unspecified atom stereocenters. The highest BCUT2D eigenvalue weighted by atomic mass is 19.1. The molecule has 1 aromatic heterocycles. The van der Waals surface area contributed by atoms with Gasteiger partial charge in [-0.05, 0) is 0 Å². The predicted octanol–water partition coefficient (Wildman–Crippen LogP) is -2.93. The predicted molar refractivity (Wildman–Crippen MR) is 54.3 cm³/mol. The molecule has 0 bridgehead atoms. The molecule has 0 spiro atoms. The molecule has 9 heteroatoms. The van der Waals surface area contributed by atoms with Gasteiger partial charge in [0, 0.05) is 0 Å². The molecule has 1 saturated heterocycles. The summed E-state index contributed by atoms with van der Waals surface area (Å²) >= 11 is 0. The molecule has 8 nitrogen and oxygen atoms in total. The number of ether oxygens (including phenoxy) is 1. The lowest BCUT2D eigenvalue weighted by Crippen LogP contribution is -2.62. The Kier molecular flexibility index (Phi) is 3.07. The van der Waals surface area contributed by atoms with Crippen molar-refractivity contribution in [2.45, 2.75) is 17.9 Å². The smallest absolute Gasteiger partial charge is 0.331 e. The fraction of sp³-hybridized carbons (Fsp3) is 0.556. The van der Waals surface area contributed by atoms with Crippen LogP contribution >= 0.6 is 0 Å². The Balaban J connectivity index is 2.56. The number of H-pyrrole nitrogens is 1. The van der Waals surface area contributed by atoms with Crippen molar-refractivity contribution in [3.05, 3.63) is 32.9 Å². The first-order chi connectivity index (χ1) is 8.36. The monoisotopic (exact) mass is 262 g/mol. The van der Waals surface area contributed by atoms with E-state index in [1.807, 2.05) is 0 Å². The molecule has 2 rings (SSSR count). The molecule has 1 aliphatic heterocycles. The van der Waals surface area contributed by atoms with Crippen molar-refractivity contribution in [2.24, 2.45) is 0 Å². The zero-order chi connectivity index (χ0) is 13.5. The van der Waals surface area contributed by atoms with Crippen LogP contribution in [0.5, 0.6) is 0 Å². The molecule has 3 atom stereocenters. The van der Waals surface area contributed by atoms with E-state index in [1.54, 1.807) is 4.98 Å². The van der Waals surface area contributed by atoms with Gasteiger partial charge in [-0.3, -0.25) is 14.3 Å². The largest absolute Gasteiger partial charge is 0.388 e. The molecule has 1 aromatic rings. The first-order valence-electron chi connectivity index (χ1n) is 5.04. The van der Waals surface area contributed by atoms with Crippen molar-refractivity contribution in [1.82, 2.24) is 9.55 Å². The number of hydrogen-bond acceptors (Lipinski definition) is 6. The quantitative estimate of drug-likeness (QED) is 0.429. The number of aliphatic hydroxyl groups excluding tert-OH is 2. The molecule has 100 valence electrons. The molecule has 2 heterocycles. The van der Waals surface area contributed by atoms with E-state index in [0.29, 0.717) is 10.8 Å². The lowest BCUT2D eigenvalue weighted by atomic mass is 9.99. The third-order valence-electron chi connectivity index (χ3n) is 2.76. The van der Waals surface area contributed by atoms with Crippen molar-refractivity contribution in [3.63, 3.8) is 0 Å². The Morgan fingerprint density at radius 2 is 2.17 bits per heavy atom. The highest BCUT2D eigenvalue weighted by Crippen LogP contribution is 2.23. The molecular formula is C9H11FN2O6. The molecule has 0 amide bonds. The standard InChI is InChI=1S/C9H11FN2O6/c10-4-1-12(8(16)11-7(4)15)9(17)3-18-2-5(13)6(9)14/h1,5-6,13-14,17H,2-3H2,(H,11,15,16)/t5-,6+,9+/m1/s1. The van der Waals surface area contributed by atoms with Crippen LogP contribution < -0.4 is 11.2 Å². The second-order valence-electron chi connectivity index (χ2n) is 4.01. The minimum atomic E-state index is -2.35. The van der Waals surface area contributed by atoms with Gasteiger partial charge in [0.2, 0.25) is 5.82 Å². The number of aliphatic hydroxyl groups is 3. The van der Waals surface area contributed by atoms with Gasteiger partial charge in [-0.15, -0.1) is 0 Å². The lowest BCUT2D eigenvalue weighted by molar-refractivity contribution is -0.247. The number of halogens is 1. The summed E-state index contributed by atoms with van der Waals surface area (Å²) in [5, 5.41) is 29.2. The number of aromatic nitrogens is 2. The molecule has 1 aliphatic rings. The topological polar surface area (TPSA) is 125 Å². The maximum Gasteiger partial charge on any atom is 0.331 e. The van der Waals surface area contributed by atoms with Crippen LogP contribution in [0.1, 0.15) is 0 Å². The van der Waals surface area contributed by atoms with Gasteiger partial charge in [-0.25, -0.2) is 4.79 Å². The number of nitrogens with zero attached hydrogens (tertiary/aromatic N) is 1. The Morgan fingerprint density at radius 3 is 2.83 bits per heavy atom. The summed E-state index contributed by atoms with van der Waals surface area (Å²) in [6, 6.07) is 0. The Hall–Kier alpha value is -1.55. The van der Waals surface area contributed by atoms with Crippen LogP contribution in [0.2, 0.25) is 0 Å². The summed E-state index contributed by atoms with van der Waals surface area (Å²) in [5.41, 5.74) is -4.72. The van der Waals surface area contributed by atoms with E-state index in [4.69, 9.17) is 4.74 Å². The Morgan fingerprint density at radius 1 is 1.50 bits per heavy atom. The van der Waals surface area contributed by atoms with Crippen molar-refractivity contribution < 1.29 is 24.4 Å². The van der Waals surface area contributed by atoms with E-state index < -0.39 is 41.6 Å². The van der Waals surface area contributed by atoms with Crippen LogP contribution in [0, 0.1) is 5.82 Å².